The molecule has 1 N–H and O–H groups in total. The molecule has 0 aromatic heterocycles. The lowest BCUT2D eigenvalue weighted by Gasteiger charge is -2.36. The van der Waals surface area contributed by atoms with Crippen molar-refractivity contribution in [1.29, 1.82) is 5.26 Å². The van der Waals surface area contributed by atoms with Gasteiger partial charge >= 0.3 is 0 Å². The highest BCUT2D eigenvalue weighted by Crippen LogP contribution is 2.40. The van der Waals surface area contributed by atoms with E-state index in [1.165, 1.54) is 0 Å². The Balaban J connectivity index is 1.71. The van der Waals surface area contributed by atoms with Gasteiger partial charge in [0.25, 0.3) is 0 Å². The fourth-order valence-electron chi connectivity index (χ4n) is 3.41. The van der Waals surface area contributed by atoms with Crippen LogP contribution in [0.25, 0.3) is 0 Å². The van der Waals surface area contributed by atoms with E-state index in [9.17, 15) is 5.26 Å². The van der Waals surface area contributed by atoms with E-state index in [0.29, 0.717) is 6.04 Å². The lowest BCUT2D eigenvalue weighted by Crippen LogP contribution is -2.35. The zero-order valence-electron chi connectivity index (χ0n) is 13.5. The summed E-state index contributed by atoms with van der Waals surface area (Å²) < 4.78 is 5.31. The van der Waals surface area contributed by atoms with Crippen LogP contribution in [-0.4, -0.2) is 13.2 Å². The third kappa shape index (κ3) is 3.32. The van der Waals surface area contributed by atoms with Crippen molar-refractivity contribution in [1.82, 2.24) is 0 Å². The zero-order valence-corrected chi connectivity index (χ0v) is 13.5. The molecule has 0 spiro atoms. The monoisotopic (exact) mass is 306 g/mol. The summed E-state index contributed by atoms with van der Waals surface area (Å²) in [5.74, 6) is 0.821. The number of para-hydroxylation sites is 1. The highest BCUT2D eigenvalue weighted by Gasteiger charge is 2.37. The molecule has 3 rings (SSSR count). The normalized spacial score (nSPS) is 23.7. The van der Waals surface area contributed by atoms with Crippen LogP contribution in [0.5, 0.6) is 5.75 Å². The summed E-state index contributed by atoms with van der Waals surface area (Å²) in [4.78, 5) is 0. The molecule has 0 unspecified atom stereocenters. The summed E-state index contributed by atoms with van der Waals surface area (Å²) in [5, 5.41) is 13.4. The number of anilines is 1. The van der Waals surface area contributed by atoms with Crippen LogP contribution in [0.15, 0.2) is 54.6 Å². The number of methoxy groups -OCH3 is 1. The second-order valence-electron chi connectivity index (χ2n) is 6.21. The van der Waals surface area contributed by atoms with Crippen LogP contribution in [0.4, 0.5) is 5.69 Å². The first-order valence-corrected chi connectivity index (χ1v) is 8.13. The van der Waals surface area contributed by atoms with Crippen LogP contribution < -0.4 is 10.1 Å². The topological polar surface area (TPSA) is 45.0 Å². The van der Waals surface area contributed by atoms with E-state index < -0.39 is 0 Å². The molecule has 0 aliphatic heterocycles. The molecule has 118 valence electrons. The first-order chi connectivity index (χ1) is 11.3. The molecule has 3 nitrogen and oxygen atoms in total. The van der Waals surface area contributed by atoms with Gasteiger partial charge in [-0.2, -0.15) is 5.26 Å². The zero-order chi connectivity index (χ0) is 16.1. The predicted octanol–water partition coefficient (Wildman–Crippen LogP) is 4.51. The summed E-state index contributed by atoms with van der Waals surface area (Å²) in [6.07, 6.45) is 3.75. The molecule has 1 fully saturated rings. The second kappa shape index (κ2) is 6.75. The summed E-state index contributed by atoms with van der Waals surface area (Å²) in [5.41, 5.74) is 1.85. The molecule has 1 aliphatic carbocycles. The Labute approximate surface area is 137 Å². The van der Waals surface area contributed by atoms with Gasteiger partial charge in [0.05, 0.1) is 18.6 Å². The highest BCUT2D eigenvalue weighted by molar-refractivity contribution is 5.44. The van der Waals surface area contributed by atoms with Gasteiger partial charge in [-0.15, -0.1) is 0 Å². The molecule has 0 atom stereocenters. The predicted molar refractivity (Wildman–Crippen MR) is 92.6 cm³/mol. The quantitative estimate of drug-likeness (QED) is 0.904. The van der Waals surface area contributed by atoms with Crippen LogP contribution in [-0.2, 0) is 5.41 Å². The summed E-state index contributed by atoms with van der Waals surface area (Å²) >= 11 is 0. The largest absolute Gasteiger partial charge is 0.497 e. The molecule has 0 heterocycles. The van der Waals surface area contributed by atoms with E-state index in [4.69, 9.17) is 4.74 Å². The van der Waals surface area contributed by atoms with Gasteiger partial charge < -0.3 is 10.1 Å². The maximum atomic E-state index is 9.82. The number of ether oxygens (including phenoxy) is 1. The standard InChI is InChI=1S/C20H22N2O/c1-23-19-9-5-6-16(14-19)20(15-21)12-10-18(11-13-20)22-17-7-3-2-4-8-17/h2-9,14,18,22H,10-13H2,1H3. The van der Waals surface area contributed by atoms with Crippen LogP contribution in [0.2, 0.25) is 0 Å². The number of rotatable bonds is 4. The molecule has 0 radical (unpaired) electrons. The third-order valence-electron chi connectivity index (χ3n) is 4.82. The molecular weight excluding hydrogens is 284 g/mol. The molecule has 23 heavy (non-hydrogen) atoms. The molecule has 2 aromatic carbocycles. The Morgan fingerprint density at radius 3 is 2.48 bits per heavy atom. The Hall–Kier alpha value is -2.47. The summed E-state index contributed by atoms with van der Waals surface area (Å²) in [7, 11) is 1.67. The lowest BCUT2D eigenvalue weighted by molar-refractivity contribution is 0.342. The Bertz CT molecular complexity index is 682. The van der Waals surface area contributed by atoms with Gasteiger partial charge in [0.1, 0.15) is 5.75 Å². The van der Waals surface area contributed by atoms with Crippen LogP contribution in [0.3, 0.4) is 0 Å². The third-order valence-corrected chi connectivity index (χ3v) is 4.82. The van der Waals surface area contributed by atoms with E-state index in [0.717, 1.165) is 42.7 Å². The molecule has 3 heteroatoms. The van der Waals surface area contributed by atoms with Crippen LogP contribution in [0.1, 0.15) is 31.2 Å². The second-order valence-corrected chi connectivity index (χ2v) is 6.21. The highest BCUT2D eigenvalue weighted by atomic mass is 16.5. The van der Waals surface area contributed by atoms with Gasteiger partial charge in [0, 0.05) is 11.7 Å². The number of hydrogen-bond donors (Lipinski definition) is 1. The lowest BCUT2D eigenvalue weighted by atomic mass is 9.69. The van der Waals surface area contributed by atoms with Crippen molar-refractivity contribution < 1.29 is 4.74 Å². The molecule has 0 amide bonds. The number of nitriles is 1. The van der Waals surface area contributed by atoms with Crippen molar-refractivity contribution in [3.8, 4) is 11.8 Å². The van der Waals surface area contributed by atoms with Crippen molar-refractivity contribution in [2.45, 2.75) is 37.1 Å². The average Bonchev–Trinajstić information content (AvgIpc) is 2.63. The molecule has 2 aromatic rings. The van der Waals surface area contributed by atoms with Gasteiger partial charge in [-0.25, -0.2) is 0 Å². The van der Waals surface area contributed by atoms with E-state index in [-0.39, 0.29) is 5.41 Å². The van der Waals surface area contributed by atoms with Crippen LogP contribution in [0, 0.1) is 11.3 Å². The Morgan fingerprint density at radius 1 is 1.09 bits per heavy atom. The van der Waals surface area contributed by atoms with Crippen molar-refractivity contribution in [3.05, 3.63) is 60.2 Å². The first kappa shape index (κ1) is 15.4. The summed E-state index contributed by atoms with van der Waals surface area (Å²) in [6.45, 7) is 0. The number of benzene rings is 2. The minimum absolute atomic E-state index is 0.386. The Kier molecular flexibility index (Phi) is 4.52. The van der Waals surface area contributed by atoms with E-state index in [1.807, 2.05) is 36.4 Å². The van der Waals surface area contributed by atoms with Gasteiger partial charge in [0.15, 0.2) is 0 Å². The first-order valence-electron chi connectivity index (χ1n) is 8.13. The smallest absolute Gasteiger partial charge is 0.119 e. The van der Waals surface area contributed by atoms with Crippen molar-refractivity contribution in [2.75, 3.05) is 12.4 Å². The maximum absolute atomic E-state index is 9.82. The molecule has 0 bridgehead atoms. The fourth-order valence-corrected chi connectivity index (χ4v) is 3.41. The van der Waals surface area contributed by atoms with Gasteiger partial charge in [-0.1, -0.05) is 30.3 Å². The fraction of sp³-hybridized carbons (Fsp3) is 0.350. The SMILES string of the molecule is COc1cccc(C2(C#N)CCC(Nc3ccccc3)CC2)c1. The Morgan fingerprint density at radius 2 is 1.83 bits per heavy atom. The van der Waals surface area contributed by atoms with Crippen molar-refractivity contribution in [3.63, 3.8) is 0 Å². The van der Waals surface area contributed by atoms with Crippen LogP contribution >= 0.6 is 0 Å². The van der Waals surface area contributed by atoms with Gasteiger partial charge in [-0.05, 0) is 55.5 Å². The molecule has 1 aliphatic rings. The maximum Gasteiger partial charge on any atom is 0.119 e. The van der Waals surface area contributed by atoms with Gasteiger partial charge in [0.2, 0.25) is 0 Å². The number of hydrogen-bond acceptors (Lipinski definition) is 3. The van der Waals surface area contributed by atoms with E-state index in [2.05, 4.69) is 29.6 Å². The summed E-state index contributed by atoms with van der Waals surface area (Å²) in [6, 6.07) is 21.3. The van der Waals surface area contributed by atoms with Crippen molar-refractivity contribution >= 4 is 5.69 Å². The number of nitrogens with one attached hydrogen (secondary N) is 1. The molecule has 1 saturated carbocycles. The van der Waals surface area contributed by atoms with Crippen molar-refractivity contribution in [2.24, 2.45) is 0 Å². The molecule has 0 saturated heterocycles. The molecular formula is C20H22N2O. The number of nitrogens with zero attached hydrogens (tertiary/aromatic N) is 1. The van der Waals surface area contributed by atoms with Gasteiger partial charge in [-0.3, -0.25) is 0 Å². The average molecular weight is 306 g/mol. The minimum atomic E-state index is -0.386. The van der Waals surface area contributed by atoms with E-state index in [1.54, 1.807) is 7.11 Å². The minimum Gasteiger partial charge on any atom is -0.497 e. The van der Waals surface area contributed by atoms with E-state index >= 15 is 0 Å².